The van der Waals surface area contributed by atoms with Crippen LogP contribution in [0.1, 0.15) is 29.9 Å². The van der Waals surface area contributed by atoms with Gasteiger partial charge in [-0.3, -0.25) is 4.79 Å². The summed E-state index contributed by atoms with van der Waals surface area (Å²) in [5.41, 5.74) is 2.67. The van der Waals surface area contributed by atoms with Crippen LogP contribution < -0.4 is 5.32 Å². The molecular formula is C22H19F2N3O2. The Labute approximate surface area is 165 Å². The number of fused-ring (bicyclic) bond motifs is 1. The SMILES string of the molecule is Cc1cc(CNC(=O)C(C)c2c(-c3ccccc3F)[nH]c3ccc(F)cc23)on1. The summed E-state index contributed by atoms with van der Waals surface area (Å²) in [6.45, 7) is 3.67. The molecule has 0 radical (unpaired) electrons. The quantitative estimate of drug-likeness (QED) is 0.508. The normalized spacial score (nSPS) is 12.3. The first-order chi connectivity index (χ1) is 13.9. The van der Waals surface area contributed by atoms with Crippen LogP contribution in [0, 0.1) is 18.6 Å². The Morgan fingerprint density at radius 1 is 1.21 bits per heavy atom. The molecule has 29 heavy (non-hydrogen) atoms. The molecule has 0 aliphatic carbocycles. The first-order valence-corrected chi connectivity index (χ1v) is 9.20. The number of aromatic amines is 1. The van der Waals surface area contributed by atoms with E-state index in [1.165, 1.54) is 18.2 Å². The molecule has 0 saturated heterocycles. The lowest BCUT2D eigenvalue weighted by atomic mass is 9.93. The Balaban J connectivity index is 1.74. The number of benzene rings is 2. The van der Waals surface area contributed by atoms with Crippen molar-refractivity contribution in [2.45, 2.75) is 26.3 Å². The van der Waals surface area contributed by atoms with E-state index in [1.807, 2.05) is 0 Å². The predicted octanol–water partition coefficient (Wildman–Crippen LogP) is 4.83. The minimum Gasteiger partial charge on any atom is -0.359 e. The second-order valence-electron chi connectivity index (χ2n) is 6.96. The van der Waals surface area contributed by atoms with Gasteiger partial charge in [-0.2, -0.15) is 0 Å². The van der Waals surface area contributed by atoms with Crippen LogP contribution in [-0.4, -0.2) is 16.0 Å². The highest BCUT2D eigenvalue weighted by Crippen LogP contribution is 2.37. The number of nitrogens with one attached hydrogen (secondary N) is 2. The van der Waals surface area contributed by atoms with Gasteiger partial charge in [-0.05, 0) is 49.7 Å². The Bertz CT molecular complexity index is 1200. The van der Waals surface area contributed by atoms with Crippen LogP contribution in [0.4, 0.5) is 8.78 Å². The van der Waals surface area contributed by atoms with E-state index in [9.17, 15) is 13.6 Å². The molecule has 0 fully saturated rings. The lowest BCUT2D eigenvalue weighted by Crippen LogP contribution is -2.27. The minimum absolute atomic E-state index is 0.176. The Morgan fingerprint density at radius 3 is 2.72 bits per heavy atom. The number of halogens is 2. The van der Waals surface area contributed by atoms with Crippen molar-refractivity contribution in [3.05, 3.63) is 77.2 Å². The third-order valence-electron chi connectivity index (χ3n) is 4.88. The average molecular weight is 395 g/mol. The molecule has 1 atom stereocenters. The molecule has 2 N–H and O–H groups in total. The van der Waals surface area contributed by atoms with Crippen molar-refractivity contribution in [3.63, 3.8) is 0 Å². The highest BCUT2D eigenvalue weighted by Gasteiger charge is 2.25. The van der Waals surface area contributed by atoms with E-state index in [1.54, 1.807) is 44.2 Å². The minimum atomic E-state index is -0.663. The van der Waals surface area contributed by atoms with E-state index >= 15 is 0 Å². The van der Waals surface area contributed by atoms with Gasteiger partial charge in [-0.1, -0.05) is 17.3 Å². The molecule has 0 aliphatic rings. The van der Waals surface area contributed by atoms with Crippen molar-refractivity contribution in [1.29, 1.82) is 0 Å². The maximum atomic E-state index is 14.5. The van der Waals surface area contributed by atoms with Gasteiger partial charge in [0.1, 0.15) is 11.6 Å². The molecule has 5 nitrogen and oxygen atoms in total. The molecule has 1 amide bonds. The summed E-state index contributed by atoms with van der Waals surface area (Å²) in [6, 6.07) is 12.3. The fraction of sp³-hybridized carbons (Fsp3) is 0.182. The first-order valence-electron chi connectivity index (χ1n) is 9.20. The van der Waals surface area contributed by atoms with E-state index in [-0.39, 0.29) is 12.5 Å². The van der Waals surface area contributed by atoms with Gasteiger partial charge in [0.05, 0.1) is 23.9 Å². The lowest BCUT2D eigenvalue weighted by Gasteiger charge is -2.14. The molecule has 1 unspecified atom stereocenters. The zero-order valence-corrected chi connectivity index (χ0v) is 15.9. The molecule has 0 spiro atoms. The van der Waals surface area contributed by atoms with E-state index in [2.05, 4.69) is 15.5 Å². The number of H-pyrrole nitrogens is 1. The molecule has 0 aliphatic heterocycles. The lowest BCUT2D eigenvalue weighted by molar-refractivity contribution is -0.122. The molecule has 4 aromatic rings. The summed E-state index contributed by atoms with van der Waals surface area (Å²) < 4.78 is 33.5. The largest absolute Gasteiger partial charge is 0.359 e. The van der Waals surface area contributed by atoms with E-state index < -0.39 is 17.6 Å². The number of rotatable bonds is 5. The van der Waals surface area contributed by atoms with E-state index in [0.29, 0.717) is 33.5 Å². The van der Waals surface area contributed by atoms with Gasteiger partial charge in [-0.25, -0.2) is 8.78 Å². The van der Waals surface area contributed by atoms with Gasteiger partial charge in [0.2, 0.25) is 5.91 Å². The molecule has 2 heterocycles. The van der Waals surface area contributed by atoms with Gasteiger partial charge in [0.25, 0.3) is 0 Å². The fourth-order valence-corrected chi connectivity index (χ4v) is 3.47. The van der Waals surface area contributed by atoms with Crippen LogP contribution in [0.5, 0.6) is 0 Å². The predicted molar refractivity (Wildman–Crippen MR) is 105 cm³/mol. The maximum Gasteiger partial charge on any atom is 0.227 e. The Kier molecular flexibility index (Phi) is 4.88. The average Bonchev–Trinajstić information content (AvgIpc) is 3.28. The van der Waals surface area contributed by atoms with Crippen LogP contribution in [-0.2, 0) is 11.3 Å². The molecule has 4 rings (SSSR count). The number of aromatic nitrogens is 2. The number of carbonyl (C=O) groups is 1. The van der Waals surface area contributed by atoms with Crippen molar-refractivity contribution in [3.8, 4) is 11.3 Å². The summed E-state index contributed by atoms with van der Waals surface area (Å²) >= 11 is 0. The van der Waals surface area contributed by atoms with Crippen molar-refractivity contribution in [1.82, 2.24) is 15.5 Å². The third-order valence-corrected chi connectivity index (χ3v) is 4.88. The van der Waals surface area contributed by atoms with Crippen LogP contribution in [0.15, 0.2) is 53.1 Å². The molecule has 2 aromatic carbocycles. The highest BCUT2D eigenvalue weighted by molar-refractivity contribution is 5.97. The molecule has 7 heteroatoms. The molecule has 0 bridgehead atoms. The summed E-state index contributed by atoms with van der Waals surface area (Å²) in [6.07, 6.45) is 0. The van der Waals surface area contributed by atoms with Gasteiger partial charge >= 0.3 is 0 Å². The van der Waals surface area contributed by atoms with Crippen molar-refractivity contribution in [2.75, 3.05) is 0 Å². The summed E-state index contributed by atoms with van der Waals surface area (Å²) in [4.78, 5) is 16.0. The topological polar surface area (TPSA) is 70.9 Å². The number of nitrogens with zero attached hydrogens (tertiary/aromatic N) is 1. The van der Waals surface area contributed by atoms with Crippen LogP contribution >= 0.6 is 0 Å². The summed E-state index contributed by atoms with van der Waals surface area (Å²) in [5, 5.41) is 7.13. The van der Waals surface area contributed by atoms with Crippen LogP contribution in [0.3, 0.4) is 0 Å². The third kappa shape index (κ3) is 3.63. The smallest absolute Gasteiger partial charge is 0.227 e. The highest BCUT2D eigenvalue weighted by atomic mass is 19.1. The van der Waals surface area contributed by atoms with Crippen molar-refractivity contribution in [2.24, 2.45) is 0 Å². The fourth-order valence-electron chi connectivity index (χ4n) is 3.47. The van der Waals surface area contributed by atoms with Crippen molar-refractivity contribution >= 4 is 16.8 Å². The Hall–Kier alpha value is -3.48. The number of amides is 1. The van der Waals surface area contributed by atoms with Gasteiger partial charge in [0, 0.05) is 22.5 Å². The monoisotopic (exact) mass is 395 g/mol. The second-order valence-corrected chi connectivity index (χ2v) is 6.96. The molecule has 2 aromatic heterocycles. The first kappa shape index (κ1) is 18.9. The maximum absolute atomic E-state index is 14.5. The van der Waals surface area contributed by atoms with E-state index in [4.69, 9.17) is 4.52 Å². The summed E-state index contributed by atoms with van der Waals surface area (Å²) in [7, 11) is 0. The molecule has 0 saturated carbocycles. The Morgan fingerprint density at radius 2 is 2.00 bits per heavy atom. The number of carbonyl (C=O) groups excluding carboxylic acids is 1. The van der Waals surface area contributed by atoms with Gasteiger partial charge in [0.15, 0.2) is 5.76 Å². The zero-order valence-electron chi connectivity index (χ0n) is 15.9. The van der Waals surface area contributed by atoms with Crippen LogP contribution in [0.25, 0.3) is 22.2 Å². The summed E-state index contributed by atoms with van der Waals surface area (Å²) in [5.74, 6) is -1.28. The van der Waals surface area contributed by atoms with Gasteiger partial charge < -0.3 is 14.8 Å². The van der Waals surface area contributed by atoms with E-state index in [0.717, 1.165) is 5.69 Å². The van der Waals surface area contributed by atoms with Gasteiger partial charge in [-0.15, -0.1) is 0 Å². The number of hydrogen-bond acceptors (Lipinski definition) is 3. The van der Waals surface area contributed by atoms with Crippen molar-refractivity contribution < 1.29 is 18.1 Å². The number of hydrogen-bond donors (Lipinski definition) is 2. The number of aryl methyl sites for hydroxylation is 1. The second kappa shape index (κ2) is 7.50. The zero-order chi connectivity index (χ0) is 20.5. The van der Waals surface area contributed by atoms with Crippen LogP contribution in [0.2, 0.25) is 0 Å². The molecule has 148 valence electrons. The standard InChI is InChI=1S/C22H19F2N3O2/c1-12-9-15(29-27-12)11-25-22(28)13(2)20-17-10-14(23)7-8-19(17)26-21(20)16-5-3-4-6-18(16)24/h3-10,13,26H,11H2,1-2H3,(H,25,28). The molecular weight excluding hydrogens is 376 g/mol.